The van der Waals surface area contributed by atoms with E-state index in [2.05, 4.69) is 15.5 Å². The van der Waals surface area contributed by atoms with E-state index >= 15 is 0 Å². The predicted octanol–water partition coefficient (Wildman–Crippen LogP) is 1.06. The number of benzene rings is 1. The van der Waals surface area contributed by atoms with Crippen LogP contribution in [0.2, 0.25) is 0 Å². The summed E-state index contributed by atoms with van der Waals surface area (Å²) in [5.74, 6) is 1.30. The molecule has 0 atom stereocenters. The number of urea groups is 1. The molecule has 3 N–H and O–H groups in total. The number of anilines is 1. The number of carbonyl (C=O) groups excluding carboxylic acids is 1. The molecule has 0 saturated carbocycles. The van der Waals surface area contributed by atoms with Gasteiger partial charge in [0.05, 0.1) is 0 Å². The van der Waals surface area contributed by atoms with Crippen LogP contribution in [0.15, 0.2) is 23.0 Å². The first-order valence-electron chi connectivity index (χ1n) is 7.45. The second-order valence-electron chi connectivity index (χ2n) is 5.52. The Hall–Kier alpha value is -2.90. The third-order valence-corrected chi connectivity index (χ3v) is 4.14. The first-order chi connectivity index (χ1) is 11.2. The van der Waals surface area contributed by atoms with Crippen molar-refractivity contribution in [3.8, 4) is 11.5 Å². The zero-order chi connectivity index (χ0) is 15.8. The van der Waals surface area contributed by atoms with Gasteiger partial charge < -0.3 is 24.8 Å². The highest BCUT2D eigenvalue weighted by Gasteiger charge is 2.22. The highest BCUT2D eigenvalue weighted by Crippen LogP contribution is 2.34. The Morgan fingerprint density at radius 2 is 1.96 bits per heavy atom. The quantitative estimate of drug-likeness (QED) is 0.732. The molecule has 8 nitrogen and oxygen atoms in total. The number of H-pyrrole nitrogens is 2. The van der Waals surface area contributed by atoms with E-state index in [1.54, 1.807) is 23.1 Å². The number of rotatable bonds is 1. The molecule has 0 fully saturated rings. The number of amides is 2. The van der Waals surface area contributed by atoms with Gasteiger partial charge in [-0.3, -0.25) is 9.89 Å². The summed E-state index contributed by atoms with van der Waals surface area (Å²) < 4.78 is 10.5. The number of hydrogen-bond donors (Lipinski definition) is 3. The molecule has 1 aromatic heterocycles. The van der Waals surface area contributed by atoms with Gasteiger partial charge in [0.15, 0.2) is 11.5 Å². The third kappa shape index (κ3) is 2.52. The Labute approximate surface area is 131 Å². The Kier molecular flexibility index (Phi) is 3.22. The summed E-state index contributed by atoms with van der Waals surface area (Å²) in [5.41, 5.74) is 2.18. The lowest BCUT2D eigenvalue weighted by molar-refractivity contribution is 0.174. The number of ether oxygens (including phenoxy) is 2. The lowest BCUT2D eigenvalue weighted by Crippen LogP contribution is -2.37. The topological polar surface area (TPSA) is 99.4 Å². The van der Waals surface area contributed by atoms with Gasteiger partial charge in [-0.2, -0.15) is 0 Å². The van der Waals surface area contributed by atoms with E-state index in [0.29, 0.717) is 43.1 Å². The second kappa shape index (κ2) is 5.38. The molecule has 2 aliphatic rings. The Morgan fingerprint density at radius 1 is 1.13 bits per heavy atom. The molecule has 2 amide bonds. The summed E-state index contributed by atoms with van der Waals surface area (Å²) in [7, 11) is 0. The van der Waals surface area contributed by atoms with Gasteiger partial charge in [-0.25, -0.2) is 4.79 Å². The van der Waals surface area contributed by atoms with E-state index in [0.717, 1.165) is 11.3 Å². The van der Waals surface area contributed by atoms with Crippen molar-refractivity contribution in [1.29, 1.82) is 0 Å². The lowest BCUT2D eigenvalue weighted by Gasteiger charge is -2.20. The molecular weight excluding hydrogens is 300 g/mol. The van der Waals surface area contributed by atoms with Gasteiger partial charge in [-0.1, -0.05) is 0 Å². The normalized spacial score (nSPS) is 15.9. The minimum absolute atomic E-state index is 0.0990. The number of nitrogens with one attached hydrogen (secondary N) is 3. The van der Waals surface area contributed by atoms with Crippen molar-refractivity contribution in [1.82, 2.24) is 15.1 Å². The van der Waals surface area contributed by atoms with Crippen molar-refractivity contribution in [3.05, 3.63) is 39.8 Å². The van der Waals surface area contributed by atoms with Gasteiger partial charge in [0.2, 0.25) is 6.79 Å². The van der Waals surface area contributed by atoms with Gasteiger partial charge >= 0.3 is 6.03 Å². The molecule has 0 radical (unpaired) electrons. The van der Waals surface area contributed by atoms with E-state index in [1.807, 2.05) is 0 Å². The van der Waals surface area contributed by atoms with Crippen LogP contribution < -0.4 is 20.3 Å². The molecule has 4 rings (SSSR count). The molecule has 23 heavy (non-hydrogen) atoms. The highest BCUT2D eigenvalue weighted by atomic mass is 16.7. The summed E-state index contributed by atoms with van der Waals surface area (Å²) in [5, 5.41) is 8.32. The van der Waals surface area contributed by atoms with Crippen molar-refractivity contribution in [2.45, 2.75) is 12.8 Å². The van der Waals surface area contributed by atoms with Crippen LogP contribution in [0, 0.1) is 0 Å². The number of aromatic amines is 2. The molecule has 0 bridgehead atoms. The zero-order valence-corrected chi connectivity index (χ0v) is 12.3. The smallest absolute Gasteiger partial charge is 0.321 e. The van der Waals surface area contributed by atoms with Crippen LogP contribution in [-0.4, -0.2) is 41.0 Å². The minimum Gasteiger partial charge on any atom is -0.454 e. The van der Waals surface area contributed by atoms with Gasteiger partial charge in [0, 0.05) is 42.5 Å². The molecule has 0 spiro atoms. The van der Waals surface area contributed by atoms with E-state index in [4.69, 9.17) is 9.47 Å². The molecule has 0 unspecified atom stereocenters. The van der Waals surface area contributed by atoms with Crippen LogP contribution in [0.3, 0.4) is 0 Å². The summed E-state index contributed by atoms with van der Waals surface area (Å²) in [6.07, 6.45) is 1.17. The molecule has 2 aromatic rings. The molecule has 120 valence electrons. The predicted molar refractivity (Wildman–Crippen MR) is 82.0 cm³/mol. The molecular formula is C15H16N4O4. The maximum Gasteiger partial charge on any atom is 0.321 e. The van der Waals surface area contributed by atoms with Crippen LogP contribution >= 0.6 is 0 Å². The van der Waals surface area contributed by atoms with Crippen molar-refractivity contribution < 1.29 is 14.3 Å². The lowest BCUT2D eigenvalue weighted by atomic mass is 10.2. The highest BCUT2D eigenvalue weighted by molar-refractivity contribution is 5.89. The Balaban J connectivity index is 1.44. The second-order valence-corrected chi connectivity index (χ2v) is 5.52. The van der Waals surface area contributed by atoms with Crippen molar-refractivity contribution in [2.24, 2.45) is 0 Å². The first kappa shape index (κ1) is 13.7. The Bertz CT molecular complexity index is 810. The fraction of sp³-hybridized carbons (Fsp3) is 0.333. The largest absolute Gasteiger partial charge is 0.454 e. The van der Waals surface area contributed by atoms with Crippen LogP contribution in [0.4, 0.5) is 10.5 Å². The number of carbonyl (C=O) groups is 1. The zero-order valence-electron chi connectivity index (χ0n) is 12.3. The maximum atomic E-state index is 12.4. The van der Waals surface area contributed by atoms with Crippen molar-refractivity contribution >= 4 is 11.7 Å². The van der Waals surface area contributed by atoms with Crippen molar-refractivity contribution in [3.63, 3.8) is 0 Å². The number of aromatic nitrogens is 2. The van der Waals surface area contributed by atoms with E-state index in [1.165, 1.54) is 0 Å². The summed E-state index contributed by atoms with van der Waals surface area (Å²) in [4.78, 5) is 25.8. The number of fused-ring (bicyclic) bond motifs is 2. The standard InChI is InChI=1S/C15H16N4O4/c20-14-10-3-5-19(6-4-11(10)17-18-14)15(21)16-9-1-2-12-13(7-9)23-8-22-12/h1-2,7H,3-6,8H2,(H,16,21)(H2,17,18,20). The van der Waals surface area contributed by atoms with Crippen LogP contribution in [-0.2, 0) is 12.8 Å². The molecule has 0 saturated heterocycles. The molecule has 3 heterocycles. The average molecular weight is 316 g/mol. The maximum absolute atomic E-state index is 12.4. The summed E-state index contributed by atoms with van der Waals surface area (Å²) in [6.45, 7) is 1.26. The van der Waals surface area contributed by atoms with Gasteiger partial charge in [0.1, 0.15) is 0 Å². The first-order valence-corrected chi connectivity index (χ1v) is 7.45. The van der Waals surface area contributed by atoms with Gasteiger partial charge in [-0.15, -0.1) is 0 Å². The molecule has 0 aliphatic carbocycles. The molecule has 8 heteroatoms. The average Bonchev–Trinajstić information content (AvgIpc) is 3.07. The fourth-order valence-corrected chi connectivity index (χ4v) is 2.88. The molecule has 1 aromatic carbocycles. The van der Waals surface area contributed by atoms with Gasteiger partial charge in [-0.05, 0) is 18.6 Å². The van der Waals surface area contributed by atoms with Crippen molar-refractivity contribution in [2.75, 3.05) is 25.2 Å². The Morgan fingerprint density at radius 3 is 2.87 bits per heavy atom. The summed E-state index contributed by atoms with van der Waals surface area (Å²) >= 11 is 0. The summed E-state index contributed by atoms with van der Waals surface area (Å²) in [6, 6.07) is 5.09. The third-order valence-electron chi connectivity index (χ3n) is 4.14. The minimum atomic E-state index is -0.189. The SMILES string of the molecule is O=C(Nc1ccc2c(c1)OCO2)N1CCc2[nH][nH]c(=O)c2CC1. The number of hydrogen-bond acceptors (Lipinski definition) is 4. The van der Waals surface area contributed by atoms with Crippen LogP contribution in [0.25, 0.3) is 0 Å². The van der Waals surface area contributed by atoms with Gasteiger partial charge in [0.25, 0.3) is 5.56 Å². The van der Waals surface area contributed by atoms with Crippen LogP contribution in [0.1, 0.15) is 11.3 Å². The fourth-order valence-electron chi connectivity index (χ4n) is 2.88. The van der Waals surface area contributed by atoms with E-state index in [-0.39, 0.29) is 18.4 Å². The number of nitrogens with zero attached hydrogens (tertiary/aromatic N) is 1. The van der Waals surface area contributed by atoms with E-state index in [9.17, 15) is 9.59 Å². The van der Waals surface area contributed by atoms with Crippen LogP contribution in [0.5, 0.6) is 11.5 Å². The monoisotopic (exact) mass is 316 g/mol. The van der Waals surface area contributed by atoms with E-state index < -0.39 is 0 Å². The molecule has 2 aliphatic heterocycles.